The van der Waals surface area contributed by atoms with Crippen LogP contribution in [0, 0.1) is 0 Å². The molecule has 0 saturated heterocycles. The minimum absolute atomic E-state index is 0.147. The monoisotopic (exact) mass is 508 g/mol. The van der Waals surface area contributed by atoms with E-state index < -0.39 is 5.63 Å². The molecule has 1 aliphatic carbocycles. The number of rotatable bonds is 4. The van der Waals surface area contributed by atoms with E-state index >= 15 is 0 Å². The first-order chi connectivity index (χ1) is 18.6. The first-order valence-corrected chi connectivity index (χ1v) is 12.8. The summed E-state index contributed by atoms with van der Waals surface area (Å²) in [5.74, 6) is 1.81. The van der Waals surface area contributed by atoms with E-state index in [0.29, 0.717) is 58.1 Å². The van der Waals surface area contributed by atoms with Crippen LogP contribution in [0.2, 0.25) is 0 Å². The molecule has 0 spiro atoms. The highest BCUT2D eigenvalue weighted by Crippen LogP contribution is 2.34. The summed E-state index contributed by atoms with van der Waals surface area (Å²) in [6.45, 7) is 1.16. The second-order valence-electron chi connectivity index (χ2n) is 9.70. The van der Waals surface area contributed by atoms with Crippen LogP contribution in [-0.4, -0.2) is 13.2 Å². The van der Waals surface area contributed by atoms with Crippen LogP contribution in [0.25, 0.3) is 33.1 Å². The van der Waals surface area contributed by atoms with Gasteiger partial charge in [0.1, 0.15) is 43.0 Å². The van der Waals surface area contributed by atoms with Gasteiger partial charge in [-0.1, -0.05) is 6.07 Å². The van der Waals surface area contributed by atoms with Crippen molar-refractivity contribution in [2.24, 2.45) is 0 Å². The van der Waals surface area contributed by atoms with E-state index in [1.165, 1.54) is 29.9 Å². The van der Waals surface area contributed by atoms with Crippen molar-refractivity contribution < 1.29 is 23.0 Å². The highest BCUT2D eigenvalue weighted by molar-refractivity contribution is 5.84. The molecule has 7 heteroatoms. The molecule has 3 heterocycles. The summed E-state index contributed by atoms with van der Waals surface area (Å²) in [7, 11) is 0. The maximum absolute atomic E-state index is 13.3. The molecule has 38 heavy (non-hydrogen) atoms. The Balaban J connectivity index is 1.18. The summed E-state index contributed by atoms with van der Waals surface area (Å²) in [6, 6.07) is 16.2. The summed E-state index contributed by atoms with van der Waals surface area (Å²) in [5, 5.41) is 1.34. The minimum atomic E-state index is -0.400. The van der Waals surface area contributed by atoms with E-state index in [0.717, 1.165) is 30.2 Å². The van der Waals surface area contributed by atoms with Crippen LogP contribution in [0.3, 0.4) is 0 Å². The van der Waals surface area contributed by atoms with Crippen molar-refractivity contribution in [1.29, 1.82) is 0 Å². The van der Waals surface area contributed by atoms with Gasteiger partial charge in [0.15, 0.2) is 16.9 Å². The first kappa shape index (κ1) is 22.7. The van der Waals surface area contributed by atoms with Gasteiger partial charge in [0.05, 0.1) is 10.9 Å². The number of aryl methyl sites for hydroxylation is 2. The quantitative estimate of drug-likeness (QED) is 0.284. The average Bonchev–Trinajstić information content (AvgIpc) is 2.95. The maximum atomic E-state index is 13.3. The van der Waals surface area contributed by atoms with Crippen molar-refractivity contribution in [2.75, 3.05) is 13.2 Å². The van der Waals surface area contributed by atoms with Gasteiger partial charge in [-0.05, 0) is 78.8 Å². The van der Waals surface area contributed by atoms with Crippen LogP contribution < -0.4 is 25.3 Å². The molecule has 7 nitrogen and oxygen atoms in total. The van der Waals surface area contributed by atoms with Crippen molar-refractivity contribution in [3.63, 3.8) is 0 Å². The van der Waals surface area contributed by atoms with E-state index in [2.05, 4.69) is 6.07 Å². The molecule has 0 saturated carbocycles. The Morgan fingerprint density at radius 3 is 2.45 bits per heavy atom. The molecule has 0 fully saturated rings. The predicted molar refractivity (Wildman–Crippen MR) is 142 cm³/mol. The fraction of sp³-hybridized carbons (Fsp3) is 0.226. The van der Waals surface area contributed by atoms with Crippen LogP contribution in [0.15, 0.2) is 79.3 Å². The van der Waals surface area contributed by atoms with E-state index in [-0.39, 0.29) is 12.0 Å². The van der Waals surface area contributed by atoms with Gasteiger partial charge in [-0.2, -0.15) is 0 Å². The third kappa shape index (κ3) is 4.00. The Bertz CT molecular complexity index is 1830. The SMILES string of the molecule is O=c1cc(COc2ccc3c(=O)c(-c4ccc5c(c4)OCCO5)coc3c2)c2cc3c(cc2o1)CCCC3. The normalized spacial score (nSPS) is 14.4. The van der Waals surface area contributed by atoms with Gasteiger partial charge in [0.25, 0.3) is 0 Å². The van der Waals surface area contributed by atoms with E-state index in [9.17, 15) is 9.59 Å². The zero-order valence-electron chi connectivity index (χ0n) is 20.6. The first-order valence-electron chi connectivity index (χ1n) is 12.8. The molecule has 3 aromatic carbocycles. The summed E-state index contributed by atoms with van der Waals surface area (Å²) >= 11 is 0. The lowest BCUT2D eigenvalue weighted by molar-refractivity contribution is 0.171. The smallest absolute Gasteiger partial charge is 0.336 e. The lowest BCUT2D eigenvalue weighted by Crippen LogP contribution is -2.15. The molecule has 0 radical (unpaired) electrons. The Labute approximate surface area is 217 Å². The molecule has 0 bridgehead atoms. The number of benzene rings is 3. The second-order valence-corrected chi connectivity index (χ2v) is 9.70. The standard InChI is InChI=1S/C31H24O7/c32-30-14-21(24-11-18-3-1-2-4-19(18)12-28(24)38-30)16-36-22-6-7-23-27(15-22)37-17-25(31(23)33)20-5-8-26-29(13-20)35-10-9-34-26/h5-8,11-15,17H,1-4,9-10,16H2. The number of hydrogen-bond acceptors (Lipinski definition) is 7. The van der Waals surface area contributed by atoms with E-state index in [1.807, 2.05) is 12.1 Å². The number of ether oxygens (including phenoxy) is 3. The van der Waals surface area contributed by atoms with Gasteiger partial charge < -0.3 is 23.0 Å². The van der Waals surface area contributed by atoms with E-state index in [4.69, 9.17) is 23.0 Å². The molecular formula is C31H24O7. The van der Waals surface area contributed by atoms with Gasteiger partial charge in [-0.25, -0.2) is 4.79 Å². The Kier molecular flexibility index (Phi) is 5.43. The average molecular weight is 509 g/mol. The van der Waals surface area contributed by atoms with Crippen LogP contribution in [0.1, 0.15) is 29.5 Å². The number of hydrogen-bond donors (Lipinski definition) is 0. The highest BCUT2D eigenvalue weighted by Gasteiger charge is 2.17. The van der Waals surface area contributed by atoms with Crippen LogP contribution >= 0.6 is 0 Å². The fourth-order valence-corrected chi connectivity index (χ4v) is 5.35. The van der Waals surface area contributed by atoms with Gasteiger partial charge in [0.2, 0.25) is 0 Å². The zero-order valence-corrected chi connectivity index (χ0v) is 20.6. The topological polar surface area (TPSA) is 88.1 Å². The van der Waals surface area contributed by atoms with Gasteiger partial charge in [0, 0.05) is 23.1 Å². The van der Waals surface area contributed by atoms with Crippen molar-refractivity contribution in [3.8, 4) is 28.4 Å². The predicted octanol–water partition coefficient (Wildman–Crippen LogP) is 5.80. The highest BCUT2D eigenvalue weighted by atomic mass is 16.6. The maximum Gasteiger partial charge on any atom is 0.336 e. The Hall–Kier alpha value is -4.52. The molecule has 7 rings (SSSR count). The summed E-state index contributed by atoms with van der Waals surface area (Å²) < 4.78 is 28.6. The van der Waals surface area contributed by atoms with Gasteiger partial charge >= 0.3 is 5.63 Å². The molecule has 190 valence electrons. The lowest BCUT2D eigenvalue weighted by Gasteiger charge is -2.18. The van der Waals surface area contributed by atoms with Crippen LogP contribution in [-0.2, 0) is 19.4 Å². The molecule has 0 amide bonds. The van der Waals surface area contributed by atoms with Crippen molar-refractivity contribution in [1.82, 2.24) is 0 Å². The third-order valence-corrected chi connectivity index (χ3v) is 7.29. The molecule has 2 aliphatic rings. The lowest BCUT2D eigenvalue weighted by atomic mass is 9.90. The third-order valence-electron chi connectivity index (χ3n) is 7.29. The molecule has 0 atom stereocenters. The Morgan fingerprint density at radius 2 is 1.58 bits per heavy atom. The van der Waals surface area contributed by atoms with Crippen LogP contribution in [0.4, 0.5) is 0 Å². The zero-order chi connectivity index (χ0) is 25.6. The van der Waals surface area contributed by atoms with Gasteiger partial charge in [-0.15, -0.1) is 0 Å². The Morgan fingerprint density at radius 1 is 0.763 bits per heavy atom. The van der Waals surface area contributed by atoms with Crippen molar-refractivity contribution >= 4 is 21.9 Å². The molecule has 5 aromatic rings. The molecule has 0 N–H and O–H groups in total. The second kappa shape index (κ2) is 9.10. The molecule has 1 aliphatic heterocycles. The molecule has 0 unspecified atom stereocenters. The van der Waals surface area contributed by atoms with Crippen molar-refractivity contribution in [3.05, 3.63) is 98.2 Å². The van der Waals surface area contributed by atoms with Crippen molar-refractivity contribution in [2.45, 2.75) is 32.3 Å². The minimum Gasteiger partial charge on any atom is -0.489 e. The largest absolute Gasteiger partial charge is 0.489 e. The summed E-state index contributed by atoms with van der Waals surface area (Å²) in [5.41, 5.74) is 4.92. The van der Waals surface area contributed by atoms with Crippen LogP contribution in [0.5, 0.6) is 17.2 Å². The molecule has 2 aromatic heterocycles. The van der Waals surface area contributed by atoms with E-state index in [1.54, 1.807) is 30.3 Å². The number of fused-ring (bicyclic) bond motifs is 4. The fourth-order valence-electron chi connectivity index (χ4n) is 5.35. The summed E-state index contributed by atoms with van der Waals surface area (Å²) in [4.78, 5) is 25.5. The summed E-state index contributed by atoms with van der Waals surface area (Å²) in [6.07, 6.45) is 5.82. The molecular weight excluding hydrogens is 484 g/mol. The van der Waals surface area contributed by atoms with Gasteiger partial charge in [-0.3, -0.25) is 4.79 Å².